The average Bonchev–Trinajstić information content (AvgIpc) is 3.01. The van der Waals surface area contributed by atoms with Gasteiger partial charge in [-0.05, 0) is 44.0 Å². The van der Waals surface area contributed by atoms with Crippen molar-refractivity contribution in [1.82, 2.24) is 4.90 Å². The monoisotopic (exact) mass is 426 g/mol. The van der Waals surface area contributed by atoms with Gasteiger partial charge < -0.3 is 10.1 Å². The average molecular weight is 427 g/mol. The summed E-state index contributed by atoms with van der Waals surface area (Å²) in [5.41, 5.74) is 6.18. The van der Waals surface area contributed by atoms with Crippen LogP contribution in [0.2, 0.25) is 0 Å². The maximum absolute atomic E-state index is 13.5. The number of ether oxygens (including phenoxy) is 1. The quantitative estimate of drug-likeness (QED) is 0.563. The maximum atomic E-state index is 13.5. The van der Waals surface area contributed by atoms with Crippen molar-refractivity contribution in [3.05, 3.63) is 100 Å². The number of carbonyl (C=O) groups is 2. The van der Waals surface area contributed by atoms with E-state index in [1.54, 1.807) is 7.11 Å². The molecule has 0 atom stereocenters. The molecule has 1 aliphatic heterocycles. The van der Waals surface area contributed by atoms with Gasteiger partial charge in [0, 0.05) is 11.3 Å². The van der Waals surface area contributed by atoms with Crippen molar-refractivity contribution in [1.29, 1.82) is 0 Å². The van der Waals surface area contributed by atoms with E-state index in [1.807, 2.05) is 87.5 Å². The summed E-state index contributed by atoms with van der Waals surface area (Å²) in [6, 6.07) is 21.0. The molecule has 0 aliphatic carbocycles. The van der Waals surface area contributed by atoms with Crippen molar-refractivity contribution in [2.45, 2.75) is 27.3 Å². The molecule has 0 unspecified atom stereocenters. The lowest BCUT2D eigenvalue weighted by Crippen LogP contribution is -2.32. The number of nitrogens with zero attached hydrogens (tertiary/aromatic N) is 1. The number of methoxy groups -OCH3 is 1. The van der Waals surface area contributed by atoms with Gasteiger partial charge in [0.05, 0.1) is 19.2 Å². The summed E-state index contributed by atoms with van der Waals surface area (Å²) in [5.74, 6) is -0.0331. The van der Waals surface area contributed by atoms with Crippen molar-refractivity contribution in [2.75, 3.05) is 12.4 Å². The fraction of sp³-hybridized carbons (Fsp3) is 0.185. The second-order valence-corrected chi connectivity index (χ2v) is 8.07. The SMILES string of the molecule is COc1ccccc1CN1C(=O)C(Nc2ccc(C)cc2C)=C(c2ccc(C)cc2)C1=O. The molecule has 0 spiro atoms. The molecule has 0 saturated heterocycles. The molecular formula is C27H26N2O3. The molecule has 0 aromatic heterocycles. The molecule has 4 rings (SSSR count). The standard InChI is InChI=1S/C27H26N2O3/c1-17-9-12-20(13-10-17)24-25(28-22-14-11-18(2)15-19(22)3)27(31)29(26(24)30)16-21-7-5-6-8-23(21)32-4/h5-15,28H,16H2,1-4H3. The number of rotatable bonds is 6. The number of anilines is 1. The molecule has 32 heavy (non-hydrogen) atoms. The molecule has 5 heteroatoms. The van der Waals surface area contributed by atoms with Crippen LogP contribution in [0, 0.1) is 20.8 Å². The molecule has 0 bridgehead atoms. The summed E-state index contributed by atoms with van der Waals surface area (Å²) in [6.45, 7) is 6.12. The Kier molecular flexibility index (Phi) is 5.82. The van der Waals surface area contributed by atoms with Gasteiger partial charge in [-0.25, -0.2) is 0 Å². The lowest BCUT2D eigenvalue weighted by Gasteiger charge is -2.17. The van der Waals surface area contributed by atoms with Crippen LogP contribution in [0.5, 0.6) is 5.75 Å². The van der Waals surface area contributed by atoms with Crippen LogP contribution in [0.1, 0.15) is 27.8 Å². The van der Waals surface area contributed by atoms with Crippen LogP contribution < -0.4 is 10.1 Å². The third kappa shape index (κ3) is 4.02. The van der Waals surface area contributed by atoms with E-state index in [2.05, 4.69) is 5.32 Å². The third-order valence-electron chi connectivity index (χ3n) is 5.67. The Morgan fingerprint density at radius 1 is 0.844 bits per heavy atom. The lowest BCUT2D eigenvalue weighted by molar-refractivity contribution is -0.137. The van der Waals surface area contributed by atoms with Gasteiger partial charge in [-0.1, -0.05) is 65.7 Å². The summed E-state index contributed by atoms with van der Waals surface area (Å²) >= 11 is 0. The first-order valence-electron chi connectivity index (χ1n) is 10.5. The smallest absolute Gasteiger partial charge is 0.278 e. The molecule has 1 heterocycles. The van der Waals surface area contributed by atoms with Crippen LogP contribution in [-0.2, 0) is 16.1 Å². The van der Waals surface area contributed by atoms with Gasteiger partial charge in [0.25, 0.3) is 11.8 Å². The van der Waals surface area contributed by atoms with Gasteiger partial charge in [0.15, 0.2) is 0 Å². The minimum absolute atomic E-state index is 0.134. The minimum atomic E-state index is -0.351. The highest BCUT2D eigenvalue weighted by Crippen LogP contribution is 2.33. The third-order valence-corrected chi connectivity index (χ3v) is 5.67. The number of imide groups is 1. The zero-order valence-corrected chi connectivity index (χ0v) is 18.7. The van der Waals surface area contributed by atoms with Crippen LogP contribution in [0.4, 0.5) is 5.69 Å². The predicted octanol–water partition coefficient (Wildman–Crippen LogP) is 5.01. The number of benzene rings is 3. The maximum Gasteiger partial charge on any atom is 0.278 e. The first kappa shape index (κ1) is 21.4. The van der Waals surface area contributed by atoms with E-state index in [4.69, 9.17) is 4.74 Å². The highest BCUT2D eigenvalue weighted by Gasteiger charge is 2.39. The van der Waals surface area contributed by atoms with Gasteiger partial charge in [0.2, 0.25) is 0 Å². The van der Waals surface area contributed by atoms with Crippen LogP contribution in [-0.4, -0.2) is 23.8 Å². The second-order valence-electron chi connectivity index (χ2n) is 8.07. The molecule has 1 aliphatic rings. The Balaban J connectivity index is 1.76. The van der Waals surface area contributed by atoms with Crippen LogP contribution in [0.15, 0.2) is 72.4 Å². The Morgan fingerprint density at radius 3 is 2.22 bits per heavy atom. The first-order valence-corrected chi connectivity index (χ1v) is 10.5. The van der Waals surface area contributed by atoms with Crippen molar-refractivity contribution in [3.63, 3.8) is 0 Å². The molecule has 5 nitrogen and oxygen atoms in total. The van der Waals surface area contributed by atoms with E-state index >= 15 is 0 Å². The molecule has 0 fully saturated rings. The Labute approximate surface area is 188 Å². The number of hydrogen-bond acceptors (Lipinski definition) is 4. The van der Waals surface area contributed by atoms with Crippen LogP contribution in [0.3, 0.4) is 0 Å². The normalized spacial score (nSPS) is 13.7. The second kappa shape index (κ2) is 8.71. The molecule has 0 saturated carbocycles. The molecule has 3 aromatic rings. The van der Waals surface area contributed by atoms with Crippen molar-refractivity contribution >= 4 is 23.1 Å². The van der Waals surface area contributed by atoms with E-state index in [-0.39, 0.29) is 18.4 Å². The van der Waals surface area contributed by atoms with Crippen molar-refractivity contribution < 1.29 is 14.3 Å². The summed E-state index contributed by atoms with van der Waals surface area (Å²) in [6.07, 6.45) is 0. The fourth-order valence-electron chi connectivity index (χ4n) is 3.92. The lowest BCUT2D eigenvalue weighted by atomic mass is 10.0. The largest absolute Gasteiger partial charge is 0.496 e. The molecule has 0 radical (unpaired) electrons. The summed E-state index contributed by atoms with van der Waals surface area (Å²) < 4.78 is 5.42. The van der Waals surface area contributed by atoms with E-state index in [0.29, 0.717) is 22.6 Å². The number of hydrogen-bond donors (Lipinski definition) is 1. The number of amides is 2. The van der Waals surface area contributed by atoms with Crippen LogP contribution >= 0.6 is 0 Å². The van der Waals surface area contributed by atoms with Gasteiger partial charge in [0.1, 0.15) is 11.4 Å². The number of aryl methyl sites for hydroxylation is 3. The fourth-order valence-corrected chi connectivity index (χ4v) is 3.92. The number of para-hydroxylation sites is 1. The van der Waals surface area contributed by atoms with Crippen molar-refractivity contribution in [2.24, 2.45) is 0 Å². The zero-order valence-electron chi connectivity index (χ0n) is 18.7. The summed E-state index contributed by atoms with van der Waals surface area (Å²) in [7, 11) is 1.58. The van der Waals surface area contributed by atoms with E-state index in [9.17, 15) is 9.59 Å². The topological polar surface area (TPSA) is 58.6 Å². The van der Waals surface area contributed by atoms with E-state index < -0.39 is 0 Å². The van der Waals surface area contributed by atoms with Gasteiger partial charge >= 0.3 is 0 Å². The molecule has 1 N–H and O–H groups in total. The van der Waals surface area contributed by atoms with Crippen molar-refractivity contribution in [3.8, 4) is 5.75 Å². The van der Waals surface area contributed by atoms with E-state index in [1.165, 1.54) is 4.90 Å². The highest BCUT2D eigenvalue weighted by molar-refractivity contribution is 6.36. The summed E-state index contributed by atoms with van der Waals surface area (Å²) in [4.78, 5) is 28.3. The summed E-state index contributed by atoms with van der Waals surface area (Å²) in [5, 5.41) is 3.26. The van der Waals surface area contributed by atoms with Crippen LogP contribution in [0.25, 0.3) is 5.57 Å². The Morgan fingerprint density at radius 2 is 1.53 bits per heavy atom. The van der Waals surface area contributed by atoms with Gasteiger partial charge in [-0.2, -0.15) is 0 Å². The number of nitrogens with one attached hydrogen (secondary N) is 1. The van der Waals surface area contributed by atoms with Gasteiger partial charge in [-0.3, -0.25) is 14.5 Å². The van der Waals surface area contributed by atoms with E-state index in [0.717, 1.165) is 27.9 Å². The Bertz CT molecular complexity index is 1230. The first-order chi connectivity index (χ1) is 15.4. The molecule has 3 aromatic carbocycles. The predicted molar refractivity (Wildman–Crippen MR) is 126 cm³/mol. The molecule has 2 amide bonds. The minimum Gasteiger partial charge on any atom is -0.496 e. The highest BCUT2D eigenvalue weighted by atomic mass is 16.5. The molecular weight excluding hydrogens is 400 g/mol. The molecule has 162 valence electrons. The Hall–Kier alpha value is -3.86. The number of carbonyl (C=O) groups excluding carboxylic acids is 2. The zero-order chi connectivity index (χ0) is 22.8. The van der Waals surface area contributed by atoms with Gasteiger partial charge in [-0.15, -0.1) is 0 Å².